The lowest BCUT2D eigenvalue weighted by molar-refractivity contribution is -0.128. The molecular formula is C10H20N2OS. The van der Waals surface area contributed by atoms with Crippen LogP contribution in [-0.4, -0.2) is 42.4 Å². The largest absolute Gasteiger partial charge is 0.342 e. The lowest BCUT2D eigenvalue weighted by Crippen LogP contribution is -2.37. The number of carbonyl (C=O) groups excluding carboxylic acids is 1. The summed E-state index contributed by atoms with van der Waals surface area (Å²) >= 11 is 1.60. The third kappa shape index (κ3) is 3.50. The smallest absolute Gasteiger partial charge is 0.232 e. The molecule has 4 heteroatoms. The number of rotatable bonds is 3. The first kappa shape index (κ1) is 11.9. The van der Waals surface area contributed by atoms with E-state index in [0.717, 1.165) is 19.5 Å². The van der Waals surface area contributed by atoms with E-state index in [9.17, 15) is 4.79 Å². The molecule has 3 nitrogen and oxygen atoms in total. The molecule has 14 heavy (non-hydrogen) atoms. The molecule has 0 saturated carbocycles. The van der Waals surface area contributed by atoms with Gasteiger partial charge in [0.05, 0.1) is 5.75 Å². The highest BCUT2D eigenvalue weighted by atomic mass is 32.2. The van der Waals surface area contributed by atoms with Crippen molar-refractivity contribution in [2.24, 2.45) is 11.7 Å². The normalized spacial score (nSPS) is 23.3. The summed E-state index contributed by atoms with van der Waals surface area (Å²) in [6, 6.07) is 0. The molecule has 1 rings (SSSR count). The molecule has 0 aliphatic carbocycles. The second kappa shape index (κ2) is 6.30. The molecule has 1 amide bonds. The Hall–Kier alpha value is -0.220. The first-order valence-electron chi connectivity index (χ1n) is 5.24. The van der Waals surface area contributed by atoms with Crippen LogP contribution in [0.1, 0.15) is 19.3 Å². The zero-order valence-corrected chi connectivity index (χ0v) is 9.68. The third-order valence-corrected chi connectivity index (χ3v) is 3.26. The van der Waals surface area contributed by atoms with Crippen LogP contribution in [0.25, 0.3) is 0 Å². The Kier molecular flexibility index (Phi) is 5.33. The van der Waals surface area contributed by atoms with E-state index in [-0.39, 0.29) is 5.91 Å². The topological polar surface area (TPSA) is 46.3 Å². The lowest BCUT2D eigenvalue weighted by Gasteiger charge is -2.23. The maximum Gasteiger partial charge on any atom is 0.232 e. The summed E-state index contributed by atoms with van der Waals surface area (Å²) in [5, 5.41) is 0. The van der Waals surface area contributed by atoms with Gasteiger partial charge in [0.25, 0.3) is 0 Å². The Labute approximate surface area is 90.4 Å². The summed E-state index contributed by atoms with van der Waals surface area (Å²) in [4.78, 5) is 13.7. The lowest BCUT2D eigenvalue weighted by atomic mass is 10.0. The first-order valence-corrected chi connectivity index (χ1v) is 6.64. The number of nitrogens with zero attached hydrogens (tertiary/aromatic N) is 1. The van der Waals surface area contributed by atoms with Crippen LogP contribution in [0, 0.1) is 5.92 Å². The van der Waals surface area contributed by atoms with E-state index in [1.54, 1.807) is 11.8 Å². The second-order valence-electron chi connectivity index (χ2n) is 3.87. The van der Waals surface area contributed by atoms with Crippen LogP contribution >= 0.6 is 11.8 Å². The number of nitrogens with two attached hydrogens (primary N) is 1. The molecule has 2 N–H and O–H groups in total. The number of hydrogen-bond donors (Lipinski definition) is 1. The van der Waals surface area contributed by atoms with Crippen LogP contribution in [0.5, 0.6) is 0 Å². The van der Waals surface area contributed by atoms with Crippen molar-refractivity contribution >= 4 is 17.7 Å². The van der Waals surface area contributed by atoms with Crippen molar-refractivity contribution in [1.29, 1.82) is 0 Å². The van der Waals surface area contributed by atoms with Crippen molar-refractivity contribution in [3.8, 4) is 0 Å². The Morgan fingerprint density at radius 2 is 2.36 bits per heavy atom. The van der Waals surface area contributed by atoms with Crippen molar-refractivity contribution < 1.29 is 4.79 Å². The van der Waals surface area contributed by atoms with E-state index in [1.165, 1.54) is 12.8 Å². The van der Waals surface area contributed by atoms with Gasteiger partial charge in [-0.05, 0) is 31.6 Å². The SMILES string of the molecule is CSCC(=O)N1CCCCC(CN)C1. The van der Waals surface area contributed by atoms with Crippen LogP contribution in [0.2, 0.25) is 0 Å². The minimum atomic E-state index is 0.276. The fraction of sp³-hybridized carbons (Fsp3) is 0.900. The molecule has 1 aliphatic rings. The molecule has 82 valence electrons. The van der Waals surface area contributed by atoms with Crippen molar-refractivity contribution in [1.82, 2.24) is 4.90 Å². The molecule has 0 radical (unpaired) electrons. The van der Waals surface area contributed by atoms with Gasteiger partial charge >= 0.3 is 0 Å². The highest BCUT2D eigenvalue weighted by Gasteiger charge is 2.20. The molecule has 1 fully saturated rings. The average molecular weight is 216 g/mol. The number of amides is 1. The Morgan fingerprint density at radius 1 is 1.57 bits per heavy atom. The molecule has 0 bridgehead atoms. The molecule has 1 atom stereocenters. The Morgan fingerprint density at radius 3 is 3.00 bits per heavy atom. The van der Waals surface area contributed by atoms with Crippen LogP contribution in [-0.2, 0) is 4.79 Å². The summed E-state index contributed by atoms with van der Waals surface area (Å²) in [5.41, 5.74) is 5.67. The van der Waals surface area contributed by atoms with Gasteiger partial charge in [-0.2, -0.15) is 11.8 Å². The van der Waals surface area contributed by atoms with Crippen LogP contribution in [0.4, 0.5) is 0 Å². The predicted molar refractivity (Wildman–Crippen MR) is 61.4 cm³/mol. The van der Waals surface area contributed by atoms with Crippen molar-refractivity contribution in [3.05, 3.63) is 0 Å². The number of carbonyl (C=O) groups is 1. The van der Waals surface area contributed by atoms with Crippen LogP contribution in [0.3, 0.4) is 0 Å². The predicted octanol–water partition coefficient (Wildman–Crippen LogP) is 0.937. The highest BCUT2D eigenvalue weighted by molar-refractivity contribution is 7.99. The summed E-state index contributed by atoms with van der Waals surface area (Å²) in [6.07, 6.45) is 5.50. The number of thioether (sulfide) groups is 1. The van der Waals surface area contributed by atoms with Gasteiger partial charge in [-0.25, -0.2) is 0 Å². The highest BCUT2D eigenvalue weighted by Crippen LogP contribution is 2.16. The molecule has 1 heterocycles. The van der Waals surface area contributed by atoms with Crippen LogP contribution < -0.4 is 5.73 Å². The fourth-order valence-electron chi connectivity index (χ4n) is 1.86. The maximum absolute atomic E-state index is 11.7. The van der Waals surface area contributed by atoms with Gasteiger partial charge in [0.1, 0.15) is 0 Å². The first-order chi connectivity index (χ1) is 6.77. The average Bonchev–Trinajstić information content (AvgIpc) is 2.43. The van der Waals surface area contributed by atoms with Crippen molar-refractivity contribution in [2.75, 3.05) is 31.6 Å². The summed E-state index contributed by atoms with van der Waals surface area (Å²) < 4.78 is 0. The molecule has 0 spiro atoms. The van der Waals surface area contributed by atoms with Crippen molar-refractivity contribution in [3.63, 3.8) is 0 Å². The standard InChI is InChI=1S/C10H20N2OS/c1-14-8-10(13)12-5-3-2-4-9(6-11)7-12/h9H,2-8,11H2,1H3. The van der Waals surface area contributed by atoms with Crippen molar-refractivity contribution in [2.45, 2.75) is 19.3 Å². The van der Waals surface area contributed by atoms with Gasteiger partial charge in [-0.1, -0.05) is 6.42 Å². The zero-order valence-electron chi connectivity index (χ0n) is 8.87. The fourth-order valence-corrected chi connectivity index (χ4v) is 2.29. The Balaban J connectivity index is 2.45. The molecule has 0 aromatic rings. The second-order valence-corrected chi connectivity index (χ2v) is 4.74. The van der Waals surface area contributed by atoms with E-state index in [1.807, 2.05) is 11.2 Å². The minimum Gasteiger partial charge on any atom is -0.342 e. The van der Waals surface area contributed by atoms with E-state index < -0.39 is 0 Å². The van der Waals surface area contributed by atoms with Gasteiger partial charge in [-0.15, -0.1) is 0 Å². The van der Waals surface area contributed by atoms with Crippen LogP contribution in [0.15, 0.2) is 0 Å². The van der Waals surface area contributed by atoms with E-state index in [2.05, 4.69) is 0 Å². The van der Waals surface area contributed by atoms with Gasteiger partial charge in [0.15, 0.2) is 0 Å². The van der Waals surface area contributed by atoms with Gasteiger partial charge < -0.3 is 10.6 Å². The van der Waals surface area contributed by atoms with E-state index in [4.69, 9.17) is 5.73 Å². The van der Waals surface area contributed by atoms with E-state index >= 15 is 0 Å². The van der Waals surface area contributed by atoms with E-state index in [0.29, 0.717) is 18.2 Å². The van der Waals surface area contributed by atoms with Gasteiger partial charge in [-0.3, -0.25) is 4.79 Å². The maximum atomic E-state index is 11.7. The van der Waals surface area contributed by atoms with Gasteiger partial charge in [0.2, 0.25) is 5.91 Å². The number of likely N-dealkylation sites (tertiary alicyclic amines) is 1. The molecule has 1 aliphatic heterocycles. The summed E-state index contributed by atoms with van der Waals surface area (Å²) in [7, 11) is 0. The minimum absolute atomic E-state index is 0.276. The number of hydrogen-bond acceptors (Lipinski definition) is 3. The quantitative estimate of drug-likeness (QED) is 0.763. The summed E-state index contributed by atoms with van der Waals surface area (Å²) in [6.45, 7) is 2.51. The molecule has 0 aromatic heterocycles. The zero-order chi connectivity index (χ0) is 10.4. The Bertz CT molecular complexity index is 187. The third-order valence-electron chi connectivity index (χ3n) is 2.72. The molecule has 0 aromatic carbocycles. The molecule has 1 unspecified atom stereocenters. The molecular weight excluding hydrogens is 196 g/mol. The van der Waals surface area contributed by atoms with Gasteiger partial charge in [0, 0.05) is 13.1 Å². The molecule has 1 saturated heterocycles. The monoisotopic (exact) mass is 216 g/mol. The summed E-state index contributed by atoms with van der Waals surface area (Å²) in [5.74, 6) is 1.40.